The number of aromatic nitrogens is 2. The molecule has 0 aliphatic carbocycles. The van der Waals surface area contributed by atoms with Crippen LogP contribution in [0.3, 0.4) is 0 Å². The number of hydrogen-bond acceptors (Lipinski definition) is 5. The SMILES string of the molecule is CCc1ccsc1CNc1nccc(C(N)=S)n1. The van der Waals surface area contributed by atoms with Gasteiger partial charge in [0.15, 0.2) is 0 Å². The third kappa shape index (κ3) is 3.02. The highest BCUT2D eigenvalue weighted by molar-refractivity contribution is 7.80. The first kappa shape index (κ1) is 12.9. The molecule has 2 aromatic rings. The lowest BCUT2D eigenvalue weighted by Gasteiger charge is -2.06. The second kappa shape index (κ2) is 5.88. The molecule has 0 bridgehead atoms. The zero-order valence-electron chi connectivity index (χ0n) is 10.0. The van der Waals surface area contributed by atoms with E-state index < -0.39 is 0 Å². The standard InChI is InChI=1S/C12H14N4S2/c1-2-8-4-6-18-10(8)7-15-12-14-5-3-9(16-12)11(13)17/h3-6H,2,7H2,1H3,(H2,13,17)(H,14,15,16). The molecule has 2 aromatic heterocycles. The number of hydrogen-bond donors (Lipinski definition) is 2. The Balaban J connectivity index is 2.06. The summed E-state index contributed by atoms with van der Waals surface area (Å²) < 4.78 is 0. The lowest BCUT2D eigenvalue weighted by atomic mass is 10.2. The lowest BCUT2D eigenvalue weighted by Crippen LogP contribution is -2.13. The van der Waals surface area contributed by atoms with Crippen molar-refractivity contribution in [3.63, 3.8) is 0 Å². The number of nitrogens with zero attached hydrogens (tertiary/aromatic N) is 2. The van der Waals surface area contributed by atoms with Crippen molar-refractivity contribution in [1.82, 2.24) is 9.97 Å². The van der Waals surface area contributed by atoms with Crippen LogP contribution in [0, 0.1) is 0 Å². The molecule has 0 saturated heterocycles. The summed E-state index contributed by atoms with van der Waals surface area (Å²) in [5.74, 6) is 0.552. The number of thiophene rings is 1. The molecule has 0 fully saturated rings. The normalized spacial score (nSPS) is 10.3. The van der Waals surface area contributed by atoms with Gasteiger partial charge in [-0.2, -0.15) is 0 Å². The Morgan fingerprint density at radius 3 is 3.06 bits per heavy atom. The van der Waals surface area contributed by atoms with Gasteiger partial charge >= 0.3 is 0 Å². The minimum absolute atomic E-state index is 0.283. The van der Waals surface area contributed by atoms with Crippen molar-refractivity contribution in [1.29, 1.82) is 0 Å². The molecule has 0 amide bonds. The van der Waals surface area contributed by atoms with Crippen molar-refractivity contribution in [2.75, 3.05) is 5.32 Å². The van der Waals surface area contributed by atoms with Gasteiger partial charge in [0, 0.05) is 11.1 Å². The maximum Gasteiger partial charge on any atom is 0.223 e. The van der Waals surface area contributed by atoms with Crippen LogP contribution in [-0.4, -0.2) is 15.0 Å². The number of thiocarbonyl (C=S) groups is 1. The summed E-state index contributed by atoms with van der Waals surface area (Å²) in [6.45, 7) is 2.87. The highest BCUT2D eigenvalue weighted by Crippen LogP contribution is 2.18. The van der Waals surface area contributed by atoms with Crippen molar-refractivity contribution in [2.45, 2.75) is 19.9 Å². The van der Waals surface area contributed by atoms with Crippen LogP contribution in [0.1, 0.15) is 23.1 Å². The highest BCUT2D eigenvalue weighted by Gasteiger charge is 2.04. The topological polar surface area (TPSA) is 63.8 Å². The van der Waals surface area contributed by atoms with Gasteiger partial charge in [0.25, 0.3) is 0 Å². The Morgan fingerprint density at radius 2 is 2.33 bits per heavy atom. The zero-order chi connectivity index (χ0) is 13.0. The first-order chi connectivity index (χ1) is 8.70. The third-order valence-corrected chi connectivity index (χ3v) is 3.71. The largest absolute Gasteiger partial charge is 0.388 e. The minimum atomic E-state index is 0.283. The Labute approximate surface area is 115 Å². The van der Waals surface area contributed by atoms with Gasteiger partial charge in [0.2, 0.25) is 5.95 Å². The molecule has 0 atom stereocenters. The average molecular weight is 278 g/mol. The van der Waals surface area contributed by atoms with Gasteiger partial charge in [-0.05, 0) is 29.5 Å². The van der Waals surface area contributed by atoms with Gasteiger partial charge in [0.1, 0.15) is 10.7 Å². The monoisotopic (exact) mass is 278 g/mol. The maximum absolute atomic E-state index is 5.53. The number of anilines is 1. The first-order valence-electron chi connectivity index (χ1n) is 5.62. The molecule has 3 N–H and O–H groups in total. The summed E-state index contributed by atoms with van der Waals surface area (Å²) in [5, 5.41) is 5.29. The summed E-state index contributed by atoms with van der Waals surface area (Å²) in [7, 11) is 0. The molecule has 94 valence electrons. The first-order valence-corrected chi connectivity index (χ1v) is 6.91. The van der Waals surface area contributed by atoms with E-state index in [-0.39, 0.29) is 4.99 Å². The molecule has 0 aromatic carbocycles. The summed E-state index contributed by atoms with van der Waals surface area (Å²) in [4.78, 5) is 9.98. The van der Waals surface area contributed by atoms with E-state index in [9.17, 15) is 0 Å². The summed E-state index contributed by atoms with van der Waals surface area (Å²) in [6.07, 6.45) is 2.69. The van der Waals surface area contributed by atoms with E-state index in [2.05, 4.69) is 33.7 Å². The molecular formula is C12H14N4S2. The fourth-order valence-corrected chi connectivity index (χ4v) is 2.61. The summed E-state index contributed by atoms with van der Waals surface area (Å²) in [6, 6.07) is 3.85. The van der Waals surface area contributed by atoms with E-state index in [0.717, 1.165) is 13.0 Å². The fourth-order valence-electron chi connectivity index (χ4n) is 1.58. The van der Waals surface area contributed by atoms with Gasteiger partial charge in [-0.15, -0.1) is 11.3 Å². The number of nitrogens with two attached hydrogens (primary N) is 1. The van der Waals surface area contributed by atoms with Crippen LogP contribution in [0.5, 0.6) is 0 Å². The van der Waals surface area contributed by atoms with Crippen LogP contribution in [0.2, 0.25) is 0 Å². The molecule has 0 unspecified atom stereocenters. The number of nitrogens with one attached hydrogen (secondary N) is 1. The van der Waals surface area contributed by atoms with E-state index in [0.29, 0.717) is 11.6 Å². The Bertz CT molecular complexity index is 551. The smallest absolute Gasteiger partial charge is 0.223 e. The molecule has 2 rings (SSSR count). The average Bonchev–Trinajstić information content (AvgIpc) is 2.84. The predicted molar refractivity (Wildman–Crippen MR) is 78.9 cm³/mol. The van der Waals surface area contributed by atoms with Crippen LogP contribution >= 0.6 is 23.6 Å². The van der Waals surface area contributed by atoms with Gasteiger partial charge in [-0.25, -0.2) is 9.97 Å². The van der Waals surface area contributed by atoms with Crippen LogP contribution < -0.4 is 11.1 Å². The van der Waals surface area contributed by atoms with Crippen LogP contribution in [0.25, 0.3) is 0 Å². The van der Waals surface area contributed by atoms with Gasteiger partial charge in [-0.1, -0.05) is 19.1 Å². The molecule has 18 heavy (non-hydrogen) atoms. The van der Waals surface area contributed by atoms with E-state index in [4.69, 9.17) is 18.0 Å². The Kier molecular flexibility index (Phi) is 4.22. The van der Waals surface area contributed by atoms with Crippen LogP contribution in [-0.2, 0) is 13.0 Å². The molecule has 6 heteroatoms. The molecule has 4 nitrogen and oxygen atoms in total. The molecule has 0 aliphatic rings. The van der Waals surface area contributed by atoms with Crippen LogP contribution in [0.4, 0.5) is 5.95 Å². The van der Waals surface area contributed by atoms with E-state index in [1.165, 1.54) is 10.4 Å². The predicted octanol–water partition coefficient (Wildman–Crippen LogP) is 2.35. The van der Waals surface area contributed by atoms with Gasteiger partial charge < -0.3 is 11.1 Å². The van der Waals surface area contributed by atoms with Crippen molar-refractivity contribution in [3.05, 3.63) is 39.8 Å². The number of rotatable bonds is 5. The van der Waals surface area contributed by atoms with Crippen molar-refractivity contribution >= 4 is 34.5 Å². The van der Waals surface area contributed by atoms with Crippen molar-refractivity contribution in [3.8, 4) is 0 Å². The molecule has 2 heterocycles. The van der Waals surface area contributed by atoms with Gasteiger partial charge in [0.05, 0.1) is 6.54 Å². The highest BCUT2D eigenvalue weighted by atomic mass is 32.1. The van der Waals surface area contributed by atoms with Crippen molar-refractivity contribution < 1.29 is 0 Å². The second-order valence-electron chi connectivity index (χ2n) is 3.71. The molecule has 0 radical (unpaired) electrons. The Morgan fingerprint density at radius 1 is 1.50 bits per heavy atom. The Hall–Kier alpha value is -1.53. The molecule has 0 spiro atoms. The summed E-state index contributed by atoms with van der Waals surface area (Å²) >= 11 is 6.62. The van der Waals surface area contributed by atoms with Crippen molar-refractivity contribution in [2.24, 2.45) is 5.73 Å². The van der Waals surface area contributed by atoms with Gasteiger partial charge in [-0.3, -0.25) is 0 Å². The molecule has 0 saturated carbocycles. The van der Waals surface area contributed by atoms with E-state index >= 15 is 0 Å². The van der Waals surface area contributed by atoms with E-state index in [1.54, 1.807) is 23.6 Å². The summed E-state index contributed by atoms with van der Waals surface area (Å²) in [5.41, 5.74) is 7.48. The van der Waals surface area contributed by atoms with E-state index in [1.807, 2.05) is 0 Å². The second-order valence-corrected chi connectivity index (χ2v) is 5.15. The molecule has 0 aliphatic heterocycles. The fraction of sp³-hybridized carbons (Fsp3) is 0.250. The number of aryl methyl sites for hydroxylation is 1. The lowest BCUT2D eigenvalue weighted by molar-refractivity contribution is 1.03. The third-order valence-electron chi connectivity index (χ3n) is 2.53. The zero-order valence-corrected chi connectivity index (χ0v) is 11.6. The van der Waals surface area contributed by atoms with Crippen LogP contribution in [0.15, 0.2) is 23.7 Å². The molecular weight excluding hydrogens is 264 g/mol. The quantitative estimate of drug-likeness (QED) is 0.822. The maximum atomic E-state index is 5.53. The minimum Gasteiger partial charge on any atom is -0.388 e.